The van der Waals surface area contributed by atoms with E-state index in [0.29, 0.717) is 19.5 Å². The van der Waals surface area contributed by atoms with Crippen molar-refractivity contribution in [2.24, 2.45) is 0 Å². The van der Waals surface area contributed by atoms with Gasteiger partial charge in [0, 0.05) is 31.7 Å². The molecule has 0 heterocycles. The molecule has 0 aliphatic carbocycles. The summed E-state index contributed by atoms with van der Waals surface area (Å²) in [5.74, 6) is 0.0968. The SMILES string of the molecule is CCc1ccc(NCCC(=O)NCCN(C)C)cc1. The lowest BCUT2D eigenvalue weighted by Gasteiger charge is -2.11. The molecule has 0 atom stereocenters. The van der Waals surface area contributed by atoms with Crippen molar-refractivity contribution in [3.63, 3.8) is 0 Å². The van der Waals surface area contributed by atoms with Gasteiger partial charge in [-0.05, 0) is 38.2 Å². The molecule has 1 aromatic rings. The van der Waals surface area contributed by atoms with E-state index in [9.17, 15) is 4.79 Å². The van der Waals surface area contributed by atoms with Crippen LogP contribution < -0.4 is 10.6 Å². The van der Waals surface area contributed by atoms with E-state index in [2.05, 4.69) is 41.8 Å². The quantitative estimate of drug-likeness (QED) is 0.751. The summed E-state index contributed by atoms with van der Waals surface area (Å²) >= 11 is 0. The number of benzene rings is 1. The molecule has 0 radical (unpaired) electrons. The monoisotopic (exact) mass is 263 g/mol. The summed E-state index contributed by atoms with van der Waals surface area (Å²) in [6, 6.07) is 8.34. The number of anilines is 1. The summed E-state index contributed by atoms with van der Waals surface area (Å²) in [4.78, 5) is 13.6. The predicted octanol–water partition coefficient (Wildman–Crippen LogP) is 1.73. The van der Waals surface area contributed by atoms with E-state index in [-0.39, 0.29) is 5.91 Å². The standard InChI is InChI=1S/C15H25N3O/c1-4-13-5-7-14(8-6-13)16-10-9-15(19)17-11-12-18(2)3/h5-8,16H,4,9-12H2,1-3H3,(H,17,19). The number of carbonyl (C=O) groups is 1. The first-order valence-corrected chi connectivity index (χ1v) is 6.86. The summed E-state index contributed by atoms with van der Waals surface area (Å²) in [6.45, 7) is 4.38. The summed E-state index contributed by atoms with van der Waals surface area (Å²) in [5.41, 5.74) is 2.39. The highest BCUT2D eigenvalue weighted by Gasteiger charge is 2.00. The molecular formula is C15H25N3O. The molecule has 19 heavy (non-hydrogen) atoms. The van der Waals surface area contributed by atoms with E-state index in [4.69, 9.17) is 0 Å². The van der Waals surface area contributed by atoms with Crippen LogP contribution in [0.25, 0.3) is 0 Å². The summed E-state index contributed by atoms with van der Waals surface area (Å²) in [6.07, 6.45) is 1.55. The van der Waals surface area contributed by atoms with Gasteiger partial charge in [0.05, 0.1) is 0 Å². The first-order chi connectivity index (χ1) is 9.11. The van der Waals surface area contributed by atoms with Crippen molar-refractivity contribution in [3.05, 3.63) is 29.8 Å². The van der Waals surface area contributed by atoms with Crippen LogP contribution >= 0.6 is 0 Å². The number of nitrogens with one attached hydrogen (secondary N) is 2. The number of nitrogens with zero attached hydrogens (tertiary/aromatic N) is 1. The second-order valence-electron chi connectivity index (χ2n) is 4.88. The van der Waals surface area contributed by atoms with Crippen LogP contribution in [-0.2, 0) is 11.2 Å². The van der Waals surface area contributed by atoms with Crippen LogP contribution in [0.4, 0.5) is 5.69 Å². The zero-order chi connectivity index (χ0) is 14.1. The number of rotatable bonds is 8. The molecule has 0 aliphatic rings. The Morgan fingerprint density at radius 1 is 1.16 bits per heavy atom. The summed E-state index contributed by atoms with van der Waals surface area (Å²) in [7, 11) is 3.99. The van der Waals surface area contributed by atoms with E-state index in [1.807, 2.05) is 19.0 Å². The number of carbonyl (C=O) groups excluding carboxylic acids is 1. The van der Waals surface area contributed by atoms with Gasteiger partial charge >= 0.3 is 0 Å². The Bertz CT molecular complexity index is 373. The number of amides is 1. The lowest BCUT2D eigenvalue weighted by molar-refractivity contribution is -0.120. The first-order valence-electron chi connectivity index (χ1n) is 6.86. The molecule has 0 saturated heterocycles. The smallest absolute Gasteiger partial charge is 0.221 e. The van der Waals surface area contributed by atoms with Gasteiger partial charge in [-0.1, -0.05) is 19.1 Å². The highest BCUT2D eigenvalue weighted by atomic mass is 16.1. The third kappa shape index (κ3) is 6.82. The fraction of sp³-hybridized carbons (Fsp3) is 0.533. The molecule has 1 amide bonds. The van der Waals surface area contributed by atoms with Crippen LogP contribution in [0.2, 0.25) is 0 Å². The van der Waals surface area contributed by atoms with Crippen molar-refractivity contribution < 1.29 is 4.79 Å². The highest BCUT2D eigenvalue weighted by Crippen LogP contribution is 2.09. The second-order valence-corrected chi connectivity index (χ2v) is 4.88. The Morgan fingerprint density at radius 2 is 1.84 bits per heavy atom. The molecule has 0 saturated carbocycles. The maximum atomic E-state index is 11.5. The number of hydrogen-bond acceptors (Lipinski definition) is 3. The van der Waals surface area contributed by atoms with Crippen molar-refractivity contribution in [3.8, 4) is 0 Å². The summed E-state index contributed by atoms with van der Waals surface area (Å²) in [5, 5.41) is 6.15. The van der Waals surface area contributed by atoms with Gasteiger partial charge in [0.2, 0.25) is 5.91 Å². The van der Waals surface area contributed by atoms with Crippen LogP contribution in [0.5, 0.6) is 0 Å². The Balaban J connectivity index is 2.16. The minimum atomic E-state index is 0.0968. The van der Waals surface area contributed by atoms with Gasteiger partial charge in [0.15, 0.2) is 0 Å². The average molecular weight is 263 g/mol. The van der Waals surface area contributed by atoms with E-state index in [0.717, 1.165) is 18.7 Å². The van der Waals surface area contributed by atoms with Crippen LogP contribution in [0, 0.1) is 0 Å². The third-order valence-electron chi connectivity index (χ3n) is 2.92. The lowest BCUT2D eigenvalue weighted by Crippen LogP contribution is -2.32. The molecule has 2 N–H and O–H groups in total. The Labute approximate surface area is 116 Å². The molecule has 0 aromatic heterocycles. The van der Waals surface area contributed by atoms with Crippen LogP contribution in [0.3, 0.4) is 0 Å². The molecule has 106 valence electrons. The largest absolute Gasteiger partial charge is 0.385 e. The number of likely N-dealkylation sites (N-methyl/N-ethyl adjacent to an activating group) is 1. The van der Waals surface area contributed by atoms with Gasteiger partial charge in [-0.15, -0.1) is 0 Å². The second kappa shape index (κ2) is 8.53. The molecule has 0 aliphatic heterocycles. The van der Waals surface area contributed by atoms with Gasteiger partial charge in [0.1, 0.15) is 0 Å². The Kier molecular flexibility index (Phi) is 6.97. The highest BCUT2D eigenvalue weighted by molar-refractivity contribution is 5.76. The van der Waals surface area contributed by atoms with E-state index in [1.165, 1.54) is 5.56 Å². The maximum Gasteiger partial charge on any atom is 0.221 e. The molecule has 4 nitrogen and oxygen atoms in total. The van der Waals surface area contributed by atoms with Crippen LogP contribution in [0.15, 0.2) is 24.3 Å². The van der Waals surface area contributed by atoms with Crippen molar-refractivity contribution in [2.45, 2.75) is 19.8 Å². The van der Waals surface area contributed by atoms with E-state index < -0.39 is 0 Å². The van der Waals surface area contributed by atoms with E-state index >= 15 is 0 Å². The minimum absolute atomic E-state index is 0.0968. The minimum Gasteiger partial charge on any atom is -0.385 e. The molecule has 0 unspecified atom stereocenters. The fourth-order valence-corrected chi connectivity index (χ4v) is 1.69. The van der Waals surface area contributed by atoms with Crippen LogP contribution in [0.1, 0.15) is 18.9 Å². The Hall–Kier alpha value is -1.55. The third-order valence-corrected chi connectivity index (χ3v) is 2.92. The van der Waals surface area contributed by atoms with Crippen molar-refractivity contribution in [2.75, 3.05) is 39.0 Å². The molecular weight excluding hydrogens is 238 g/mol. The molecule has 4 heteroatoms. The predicted molar refractivity (Wildman–Crippen MR) is 80.5 cm³/mol. The number of aryl methyl sites for hydroxylation is 1. The molecule has 0 bridgehead atoms. The lowest BCUT2D eigenvalue weighted by atomic mass is 10.1. The van der Waals surface area contributed by atoms with Gasteiger partial charge in [-0.25, -0.2) is 0 Å². The fourth-order valence-electron chi connectivity index (χ4n) is 1.69. The van der Waals surface area contributed by atoms with Gasteiger partial charge in [-0.2, -0.15) is 0 Å². The van der Waals surface area contributed by atoms with Crippen molar-refractivity contribution in [1.29, 1.82) is 0 Å². The topological polar surface area (TPSA) is 44.4 Å². The zero-order valence-electron chi connectivity index (χ0n) is 12.2. The molecule has 0 fully saturated rings. The normalized spacial score (nSPS) is 10.5. The molecule has 1 aromatic carbocycles. The van der Waals surface area contributed by atoms with E-state index in [1.54, 1.807) is 0 Å². The van der Waals surface area contributed by atoms with Crippen molar-refractivity contribution in [1.82, 2.24) is 10.2 Å². The first kappa shape index (κ1) is 15.5. The molecule has 1 rings (SSSR count). The number of hydrogen-bond donors (Lipinski definition) is 2. The van der Waals surface area contributed by atoms with Gasteiger partial charge < -0.3 is 15.5 Å². The molecule has 0 spiro atoms. The average Bonchev–Trinajstić information content (AvgIpc) is 2.39. The maximum absolute atomic E-state index is 11.5. The summed E-state index contributed by atoms with van der Waals surface area (Å²) < 4.78 is 0. The van der Waals surface area contributed by atoms with Gasteiger partial charge in [0.25, 0.3) is 0 Å². The zero-order valence-corrected chi connectivity index (χ0v) is 12.2. The Morgan fingerprint density at radius 3 is 2.42 bits per heavy atom. The van der Waals surface area contributed by atoms with Crippen molar-refractivity contribution >= 4 is 11.6 Å². The van der Waals surface area contributed by atoms with Crippen LogP contribution in [-0.4, -0.2) is 44.5 Å². The van der Waals surface area contributed by atoms with Gasteiger partial charge in [-0.3, -0.25) is 4.79 Å².